The van der Waals surface area contributed by atoms with Gasteiger partial charge in [-0.05, 0) is 44.1 Å². The van der Waals surface area contributed by atoms with Crippen molar-refractivity contribution in [2.75, 3.05) is 59.2 Å². The Morgan fingerprint density at radius 2 is 1.91 bits per heavy atom. The van der Waals surface area contributed by atoms with Gasteiger partial charge < -0.3 is 29.1 Å². The minimum Gasteiger partial charge on any atom is -0.465 e. The van der Waals surface area contributed by atoms with E-state index in [1.165, 1.54) is 4.90 Å². The van der Waals surface area contributed by atoms with Crippen LogP contribution in [0.15, 0.2) is 55.6 Å². The summed E-state index contributed by atoms with van der Waals surface area (Å²) in [5, 5.41) is 10.8. The molecule has 4 heterocycles. The molecule has 0 aromatic heterocycles. The van der Waals surface area contributed by atoms with Gasteiger partial charge in [-0.2, -0.15) is 0 Å². The SMILES string of the molecule is C=CCCCCOC(=O)[C@H]1[C@H]2C(=O)N([C@H](CO)c3ccccc3)C(C(=O)N(CC=C)CCN3CCOCC3)C23CC(C)[C@]1(C)O3. The molecule has 2 amide bonds. The van der Waals surface area contributed by atoms with E-state index in [2.05, 4.69) is 18.1 Å². The van der Waals surface area contributed by atoms with E-state index in [0.717, 1.165) is 25.9 Å². The maximum Gasteiger partial charge on any atom is 0.312 e. The van der Waals surface area contributed by atoms with Crippen molar-refractivity contribution in [3.8, 4) is 0 Å². The molecule has 4 aliphatic heterocycles. The highest BCUT2D eigenvalue weighted by atomic mass is 16.6. The third-order valence-electron chi connectivity index (χ3n) is 10.4. The second kappa shape index (κ2) is 14.2. The minimum absolute atomic E-state index is 0.111. The molecule has 5 rings (SSSR count). The summed E-state index contributed by atoms with van der Waals surface area (Å²) >= 11 is 0. The molecule has 1 N–H and O–H groups in total. The number of benzene rings is 1. The number of hydrogen-bond acceptors (Lipinski definition) is 8. The molecular weight excluding hydrogens is 574 g/mol. The van der Waals surface area contributed by atoms with Crippen LogP contribution in [0.2, 0.25) is 0 Å². The van der Waals surface area contributed by atoms with Gasteiger partial charge in [0.05, 0.1) is 44.0 Å². The topological polar surface area (TPSA) is 109 Å². The number of esters is 1. The molecule has 1 aromatic carbocycles. The molecule has 0 saturated carbocycles. The van der Waals surface area contributed by atoms with Gasteiger partial charge in [-0.1, -0.05) is 49.4 Å². The van der Waals surface area contributed by atoms with E-state index >= 15 is 0 Å². The summed E-state index contributed by atoms with van der Waals surface area (Å²) in [6.45, 7) is 15.7. The maximum atomic E-state index is 14.9. The Balaban J connectivity index is 1.52. The Bertz CT molecular complexity index is 1240. The predicted octanol–water partition coefficient (Wildman–Crippen LogP) is 2.98. The van der Waals surface area contributed by atoms with E-state index in [9.17, 15) is 19.5 Å². The van der Waals surface area contributed by atoms with Gasteiger partial charge in [0.2, 0.25) is 11.8 Å². The lowest BCUT2D eigenvalue weighted by Gasteiger charge is -2.40. The van der Waals surface area contributed by atoms with E-state index in [0.29, 0.717) is 51.3 Å². The van der Waals surface area contributed by atoms with Crippen molar-refractivity contribution in [2.45, 2.75) is 62.8 Å². The molecule has 4 fully saturated rings. The first-order chi connectivity index (χ1) is 21.7. The number of nitrogens with zero attached hydrogens (tertiary/aromatic N) is 3. The van der Waals surface area contributed by atoms with Crippen LogP contribution in [0.25, 0.3) is 0 Å². The van der Waals surface area contributed by atoms with E-state index in [-0.39, 0.29) is 30.9 Å². The van der Waals surface area contributed by atoms with E-state index in [4.69, 9.17) is 14.2 Å². The number of carbonyl (C=O) groups excluding carboxylic acids is 3. The fraction of sp³-hybridized carbons (Fsp3) is 0.629. The van der Waals surface area contributed by atoms with Crippen molar-refractivity contribution in [3.63, 3.8) is 0 Å². The first kappa shape index (κ1) is 33.3. The second-order valence-corrected chi connectivity index (χ2v) is 13.0. The van der Waals surface area contributed by atoms with Crippen LogP contribution in [0.5, 0.6) is 0 Å². The molecule has 45 heavy (non-hydrogen) atoms. The van der Waals surface area contributed by atoms with Crippen molar-refractivity contribution in [3.05, 3.63) is 61.2 Å². The molecule has 10 heteroatoms. The summed E-state index contributed by atoms with van der Waals surface area (Å²) in [7, 11) is 0. The van der Waals surface area contributed by atoms with Crippen LogP contribution in [0, 0.1) is 17.8 Å². The number of amides is 2. The van der Waals surface area contributed by atoms with Crippen molar-refractivity contribution >= 4 is 17.8 Å². The number of hydrogen-bond donors (Lipinski definition) is 1. The second-order valence-electron chi connectivity index (χ2n) is 13.0. The molecule has 246 valence electrons. The fourth-order valence-electron chi connectivity index (χ4n) is 8.04. The van der Waals surface area contributed by atoms with Gasteiger partial charge in [-0.15, -0.1) is 13.2 Å². The molecule has 7 atom stereocenters. The number of aliphatic hydroxyl groups excluding tert-OH is 1. The number of fused-ring (bicyclic) bond motifs is 1. The van der Waals surface area contributed by atoms with Crippen LogP contribution >= 0.6 is 0 Å². The lowest BCUT2D eigenvalue weighted by molar-refractivity contribution is -0.164. The van der Waals surface area contributed by atoms with Crippen LogP contribution in [0.3, 0.4) is 0 Å². The van der Waals surface area contributed by atoms with E-state index in [1.807, 2.05) is 50.3 Å². The summed E-state index contributed by atoms with van der Waals surface area (Å²) < 4.78 is 18.2. The summed E-state index contributed by atoms with van der Waals surface area (Å²) in [4.78, 5) is 48.9. The number of aliphatic hydroxyl groups is 1. The molecule has 1 spiro atoms. The Morgan fingerprint density at radius 1 is 1.18 bits per heavy atom. The molecule has 10 nitrogen and oxygen atoms in total. The van der Waals surface area contributed by atoms with Crippen molar-refractivity contribution in [1.29, 1.82) is 0 Å². The Labute approximate surface area is 267 Å². The van der Waals surface area contributed by atoms with Crippen LogP contribution in [0.1, 0.15) is 51.1 Å². The Hall–Kier alpha value is -3.05. The number of allylic oxidation sites excluding steroid dienone is 1. The first-order valence-electron chi connectivity index (χ1n) is 16.4. The minimum atomic E-state index is -1.24. The number of likely N-dealkylation sites (tertiary alicyclic amines) is 1. The number of rotatable bonds is 15. The predicted molar refractivity (Wildman–Crippen MR) is 169 cm³/mol. The number of carbonyl (C=O) groups is 3. The largest absolute Gasteiger partial charge is 0.465 e. The van der Waals surface area contributed by atoms with Crippen molar-refractivity contribution in [1.82, 2.24) is 14.7 Å². The van der Waals surface area contributed by atoms with E-state index < -0.39 is 41.1 Å². The van der Waals surface area contributed by atoms with Gasteiger partial charge in [0, 0.05) is 32.7 Å². The normalized spacial score (nSPS) is 31.4. The van der Waals surface area contributed by atoms with Gasteiger partial charge in [-0.3, -0.25) is 19.3 Å². The van der Waals surface area contributed by atoms with Gasteiger partial charge in [-0.25, -0.2) is 0 Å². The Morgan fingerprint density at radius 3 is 2.58 bits per heavy atom. The van der Waals surface area contributed by atoms with E-state index in [1.54, 1.807) is 11.0 Å². The van der Waals surface area contributed by atoms with Crippen molar-refractivity contribution < 1.29 is 33.7 Å². The van der Waals surface area contributed by atoms with Crippen LogP contribution in [-0.4, -0.2) is 114 Å². The zero-order valence-electron chi connectivity index (χ0n) is 26.8. The summed E-state index contributed by atoms with van der Waals surface area (Å²) in [6.07, 6.45) is 6.33. The highest BCUT2D eigenvalue weighted by Crippen LogP contribution is 2.66. The van der Waals surface area contributed by atoms with Crippen LogP contribution in [-0.2, 0) is 28.6 Å². The number of ether oxygens (including phenoxy) is 3. The van der Waals surface area contributed by atoms with Crippen LogP contribution in [0.4, 0.5) is 0 Å². The third kappa shape index (κ3) is 6.10. The molecule has 2 bridgehead atoms. The molecule has 0 radical (unpaired) electrons. The van der Waals surface area contributed by atoms with Gasteiger partial charge in [0.25, 0.3) is 0 Å². The summed E-state index contributed by atoms with van der Waals surface area (Å²) in [5.41, 5.74) is -1.50. The highest BCUT2D eigenvalue weighted by molar-refractivity contribution is 5.99. The van der Waals surface area contributed by atoms with Gasteiger partial charge in [0.15, 0.2) is 0 Å². The lowest BCUT2D eigenvalue weighted by atomic mass is 9.62. The molecule has 4 aliphatic rings. The third-order valence-corrected chi connectivity index (χ3v) is 10.4. The summed E-state index contributed by atoms with van der Waals surface area (Å²) in [6, 6.07) is 7.42. The smallest absolute Gasteiger partial charge is 0.312 e. The fourth-order valence-corrected chi connectivity index (χ4v) is 8.04. The Kier molecular flexibility index (Phi) is 10.5. The first-order valence-corrected chi connectivity index (χ1v) is 16.4. The molecule has 4 saturated heterocycles. The number of morpholine rings is 1. The highest BCUT2D eigenvalue weighted by Gasteiger charge is 2.80. The number of unbranched alkanes of at least 4 members (excludes halogenated alkanes) is 2. The van der Waals surface area contributed by atoms with Crippen molar-refractivity contribution in [2.24, 2.45) is 17.8 Å². The molecular formula is C35H49N3O7. The molecule has 0 aliphatic carbocycles. The monoisotopic (exact) mass is 623 g/mol. The zero-order valence-corrected chi connectivity index (χ0v) is 26.8. The van der Waals surface area contributed by atoms with Gasteiger partial charge in [0.1, 0.15) is 17.6 Å². The average Bonchev–Trinajstić information content (AvgIpc) is 3.56. The standard InChI is InChI=1S/C35H49N3O7/c1-5-7-8-12-20-44-33(42)29-28-31(40)38(27(24-39)26-13-10-9-11-14-26)30(35(28)23-25(3)34(29,4)45-35)32(41)37(15-6-2)17-16-36-18-21-43-22-19-36/h5-6,9-11,13-14,25,27-30,39H,1-2,7-8,12,15-24H2,3-4H3/t25?,27-,28+,29-,30?,34+,35?/m1/s1. The molecule has 1 aromatic rings. The molecule has 3 unspecified atom stereocenters. The maximum absolute atomic E-state index is 14.9. The van der Waals surface area contributed by atoms with Crippen LogP contribution < -0.4 is 0 Å². The lowest BCUT2D eigenvalue weighted by Crippen LogP contribution is -2.58. The average molecular weight is 624 g/mol. The zero-order chi connectivity index (χ0) is 32.2. The quantitative estimate of drug-likeness (QED) is 0.181. The van der Waals surface area contributed by atoms with Gasteiger partial charge >= 0.3 is 5.97 Å². The summed E-state index contributed by atoms with van der Waals surface area (Å²) in [5.74, 6) is -2.97.